The van der Waals surface area contributed by atoms with Gasteiger partial charge in [0.05, 0.1) is 39.4 Å². The van der Waals surface area contributed by atoms with E-state index in [9.17, 15) is 14.4 Å². The maximum absolute atomic E-state index is 14.3. The molecule has 0 bridgehead atoms. The summed E-state index contributed by atoms with van der Waals surface area (Å²) in [5.41, 5.74) is 11.0. The number of H-pyrrole nitrogens is 1. The van der Waals surface area contributed by atoms with Crippen LogP contribution in [-0.2, 0) is 22.4 Å². The summed E-state index contributed by atoms with van der Waals surface area (Å²) in [5.74, 6) is 0.964. The summed E-state index contributed by atoms with van der Waals surface area (Å²) < 4.78 is 1.81. The molecule has 2 aromatic carbocycles. The number of anilines is 1. The number of aromatic amines is 1. The van der Waals surface area contributed by atoms with E-state index in [4.69, 9.17) is 17.3 Å². The number of carbonyl (C=O) groups is 2. The summed E-state index contributed by atoms with van der Waals surface area (Å²) in [6, 6.07) is 11.7. The third-order valence-electron chi connectivity index (χ3n) is 11.8. The zero-order valence-corrected chi connectivity index (χ0v) is 30.1. The molecule has 0 unspecified atom stereocenters. The molecule has 0 spiro atoms. The molecular weight excluding hydrogens is 650 g/mol. The topological polar surface area (TPSA) is 121 Å². The third-order valence-corrected chi connectivity index (χ3v) is 12.2. The fourth-order valence-electron chi connectivity index (χ4n) is 8.83. The first kappa shape index (κ1) is 34.6. The van der Waals surface area contributed by atoms with Gasteiger partial charge in [-0.3, -0.25) is 19.1 Å². The molecule has 3 fully saturated rings. The fraction of sp³-hybridized carbons (Fsp3) is 0.538. The van der Waals surface area contributed by atoms with E-state index in [1.807, 2.05) is 57.7 Å². The standard InChI is InChI=1S/C39H50ClN7O3/c1-3-26-20-25(22-32(40)36(26)41)21-29(38(49)46-16-10-28(11-17-46)27-8-14-44(2)15-9-27)23-35(48)45-18-12-30(13-19-45)47-34-24-42-33-7-5-4-6-31(33)37(34)43-39(47)50/h4-7,20,22,24,27-30H,3,8-19,21,23,41H2,1-2H3,(H,43,50)/t29-/m0/s1. The van der Waals surface area contributed by atoms with Crippen molar-refractivity contribution in [2.75, 3.05) is 52.0 Å². The Bertz CT molecular complexity index is 1910. The number of nitrogens with two attached hydrogens (primary N) is 1. The molecule has 7 rings (SSSR count). The number of rotatable bonds is 8. The average molecular weight is 700 g/mol. The number of piperidine rings is 3. The predicted octanol–water partition coefficient (Wildman–Crippen LogP) is 5.67. The van der Waals surface area contributed by atoms with Crippen LogP contribution >= 0.6 is 11.6 Å². The fourth-order valence-corrected chi connectivity index (χ4v) is 9.09. The van der Waals surface area contributed by atoms with Gasteiger partial charge in [0.25, 0.3) is 0 Å². The molecule has 11 heteroatoms. The molecule has 0 radical (unpaired) electrons. The maximum atomic E-state index is 14.3. The Kier molecular flexibility index (Phi) is 10.2. The van der Waals surface area contributed by atoms with E-state index in [-0.39, 0.29) is 30.0 Å². The van der Waals surface area contributed by atoms with Gasteiger partial charge in [-0.1, -0.05) is 42.8 Å². The van der Waals surface area contributed by atoms with E-state index in [1.165, 1.54) is 12.8 Å². The number of para-hydroxylation sites is 1. The van der Waals surface area contributed by atoms with Gasteiger partial charge >= 0.3 is 5.69 Å². The summed E-state index contributed by atoms with van der Waals surface area (Å²) in [6.45, 7) is 6.90. The number of halogens is 1. The minimum Gasteiger partial charge on any atom is -0.397 e. The summed E-state index contributed by atoms with van der Waals surface area (Å²) >= 11 is 6.54. The largest absolute Gasteiger partial charge is 0.397 e. The summed E-state index contributed by atoms with van der Waals surface area (Å²) in [7, 11) is 2.20. The Morgan fingerprint density at radius 1 is 0.960 bits per heavy atom. The van der Waals surface area contributed by atoms with Crippen molar-refractivity contribution in [2.24, 2.45) is 17.8 Å². The number of aromatic nitrogens is 3. The average Bonchev–Trinajstić information content (AvgIpc) is 3.49. The van der Waals surface area contributed by atoms with Gasteiger partial charge < -0.3 is 25.4 Å². The Labute approximate surface area is 298 Å². The predicted molar refractivity (Wildman–Crippen MR) is 199 cm³/mol. The Hall–Kier alpha value is -3.89. The van der Waals surface area contributed by atoms with Crippen molar-refractivity contribution in [3.8, 4) is 0 Å². The van der Waals surface area contributed by atoms with Crippen molar-refractivity contribution in [3.05, 3.63) is 69.2 Å². The number of carbonyl (C=O) groups excluding carboxylic acids is 2. The smallest absolute Gasteiger partial charge is 0.326 e. The number of nitrogens with one attached hydrogen (secondary N) is 1. The van der Waals surface area contributed by atoms with E-state index in [1.54, 1.807) is 6.20 Å². The van der Waals surface area contributed by atoms with Crippen LogP contribution in [0.5, 0.6) is 0 Å². The number of amides is 2. The van der Waals surface area contributed by atoms with Gasteiger partial charge in [0.15, 0.2) is 0 Å². The lowest BCUT2D eigenvalue weighted by Crippen LogP contribution is -2.46. The van der Waals surface area contributed by atoms with Gasteiger partial charge in [-0.25, -0.2) is 4.79 Å². The highest BCUT2D eigenvalue weighted by atomic mass is 35.5. The van der Waals surface area contributed by atoms with E-state index >= 15 is 0 Å². The highest BCUT2D eigenvalue weighted by molar-refractivity contribution is 6.33. The van der Waals surface area contributed by atoms with E-state index in [2.05, 4.69) is 21.9 Å². The molecule has 10 nitrogen and oxygen atoms in total. The quantitative estimate of drug-likeness (QED) is 0.229. The van der Waals surface area contributed by atoms with Crippen LogP contribution in [-0.4, -0.2) is 87.4 Å². The summed E-state index contributed by atoms with van der Waals surface area (Å²) in [5, 5.41) is 1.41. The van der Waals surface area contributed by atoms with Gasteiger partial charge in [-0.05, 0) is 107 Å². The monoisotopic (exact) mass is 699 g/mol. The van der Waals surface area contributed by atoms with Gasteiger partial charge in [0.2, 0.25) is 11.8 Å². The van der Waals surface area contributed by atoms with Crippen LogP contribution in [0.2, 0.25) is 5.02 Å². The van der Waals surface area contributed by atoms with Gasteiger partial charge in [-0.2, -0.15) is 0 Å². The molecule has 4 aromatic rings. The van der Waals surface area contributed by atoms with Crippen LogP contribution in [0.15, 0.2) is 47.4 Å². The van der Waals surface area contributed by atoms with Crippen molar-refractivity contribution < 1.29 is 9.59 Å². The molecule has 2 aromatic heterocycles. The maximum Gasteiger partial charge on any atom is 0.326 e. The van der Waals surface area contributed by atoms with Gasteiger partial charge in [-0.15, -0.1) is 0 Å². The number of nitrogens with zero attached hydrogens (tertiary/aromatic N) is 5. The summed E-state index contributed by atoms with van der Waals surface area (Å²) in [6.07, 6.45) is 8.94. The van der Waals surface area contributed by atoms with Crippen molar-refractivity contribution in [3.63, 3.8) is 0 Å². The first-order valence-electron chi connectivity index (χ1n) is 18.5. The number of hydrogen-bond donors (Lipinski definition) is 2. The molecule has 3 saturated heterocycles. The molecule has 0 saturated carbocycles. The molecule has 3 aliphatic heterocycles. The lowest BCUT2D eigenvalue weighted by Gasteiger charge is -2.40. The van der Waals surface area contributed by atoms with Crippen LogP contribution < -0.4 is 11.4 Å². The van der Waals surface area contributed by atoms with E-state index < -0.39 is 5.92 Å². The van der Waals surface area contributed by atoms with Crippen LogP contribution in [0.25, 0.3) is 21.9 Å². The van der Waals surface area contributed by atoms with Crippen molar-refractivity contribution in [1.82, 2.24) is 29.2 Å². The van der Waals surface area contributed by atoms with Gasteiger partial charge in [0.1, 0.15) is 0 Å². The molecule has 3 aliphatic rings. The lowest BCUT2D eigenvalue weighted by molar-refractivity contribution is -0.143. The molecule has 1 atom stereocenters. The van der Waals surface area contributed by atoms with Crippen molar-refractivity contribution >= 4 is 51.0 Å². The van der Waals surface area contributed by atoms with E-state index in [0.717, 1.165) is 84.4 Å². The van der Waals surface area contributed by atoms with Crippen LogP contribution in [0.4, 0.5) is 5.69 Å². The second-order valence-corrected chi connectivity index (χ2v) is 15.3. The second kappa shape index (κ2) is 14.8. The Morgan fingerprint density at radius 2 is 1.62 bits per heavy atom. The lowest BCUT2D eigenvalue weighted by atomic mass is 9.78. The molecule has 266 valence electrons. The minimum atomic E-state index is -0.486. The summed E-state index contributed by atoms with van der Waals surface area (Å²) in [4.78, 5) is 55.4. The first-order chi connectivity index (χ1) is 24.2. The minimum absolute atomic E-state index is 0.0146. The molecule has 5 heterocycles. The second-order valence-electron chi connectivity index (χ2n) is 14.9. The van der Waals surface area contributed by atoms with Crippen LogP contribution in [0, 0.1) is 17.8 Å². The number of pyridine rings is 1. The number of aryl methyl sites for hydroxylation is 1. The molecular formula is C39H50ClN7O3. The number of imidazole rings is 1. The van der Waals surface area contributed by atoms with Crippen LogP contribution in [0.1, 0.15) is 69.0 Å². The Balaban J connectivity index is 1.04. The third kappa shape index (κ3) is 7.01. The molecule has 50 heavy (non-hydrogen) atoms. The zero-order valence-electron chi connectivity index (χ0n) is 29.4. The first-order valence-corrected chi connectivity index (χ1v) is 18.9. The number of nitrogen functional groups attached to an aromatic ring is 1. The molecule has 0 aliphatic carbocycles. The number of hydrogen-bond acceptors (Lipinski definition) is 6. The molecule has 3 N–H and O–H groups in total. The zero-order chi connectivity index (χ0) is 34.9. The number of benzene rings is 2. The number of fused-ring (bicyclic) bond motifs is 3. The Morgan fingerprint density at radius 3 is 2.32 bits per heavy atom. The normalized spacial score (nSPS) is 19.4. The SMILES string of the molecule is CCc1cc(C[C@@H](CC(=O)N2CCC(n3c(=O)[nH]c4c5ccccc5ncc43)CC2)C(=O)N2CCC(C3CCN(C)CC3)CC2)cc(Cl)c1N. The highest BCUT2D eigenvalue weighted by Gasteiger charge is 2.35. The number of likely N-dealkylation sites (tertiary alicyclic amines) is 3. The van der Waals surface area contributed by atoms with Crippen molar-refractivity contribution in [2.45, 2.75) is 70.8 Å². The van der Waals surface area contributed by atoms with Gasteiger partial charge in [0, 0.05) is 44.0 Å². The van der Waals surface area contributed by atoms with Crippen molar-refractivity contribution in [1.29, 1.82) is 0 Å². The van der Waals surface area contributed by atoms with E-state index in [0.29, 0.717) is 49.0 Å². The highest BCUT2D eigenvalue weighted by Crippen LogP contribution is 2.34. The van der Waals surface area contributed by atoms with Crippen LogP contribution in [0.3, 0.4) is 0 Å². The molecule has 2 amide bonds.